The fraction of sp³-hybridized carbons (Fsp3) is 0.316. The summed E-state index contributed by atoms with van der Waals surface area (Å²) in [4.78, 5) is 14.4. The Morgan fingerprint density at radius 1 is 1.04 bits per heavy atom. The van der Waals surface area contributed by atoms with Gasteiger partial charge in [-0.15, -0.1) is 0 Å². The van der Waals surface area contributed by atoms with Crippen LogP contribution in [-0.4, -0.2) is 19.1 Å². The summed E-state index contributed by atoms with van der Waals surface area (Å²) in [6, 6.07) is 12.3. The summed E-state index contributed by atoms with van der Waals surface area (Å²) >= 11 is 12.3. The van der Waals surface area contributed by atoms with Crippen LogP contribution in [0.3, 0.4) is 0 Å². The zero-order chi connectivity index (χ0) is 17.8. The number of piperidine rings is 1. The number of rotatable bonds is 3. The average molecular weight is 378 g/mol. The Kier molecular flexibility index (Phi) is 5.71. The molecule has 2 amide bonds. The van der Waals surface area contributed by atoms with E-state index in [2.05, 4.69) is 22.5 Å². The first-order valence-corrected chi connectivity index (χ1v) is 9.15. The van der Waals surface area contributed by atoms with Gasteiger partial charge in [0.25, 0.3) is 0 Å². The molecule has 1 aliphatic heterocycles. The van der Waals surface area contributed by atoms with Gasteiger partial charge in [-0.1, -0.05) is 36.2 Å². The van der Waals surface area contributed by atoms with Gasteiger partial charge in [-0.05, 0) is 55.2 Å². The van der Waals surface area contributed by atoms with E-state index >= 15 is 0 Å². The van der Waals surface area contributed by atoms with E-state index in [0.29, 0.717) is 21.4 Å². The lowest BCUT2D eigenvalue weighted by Gasteiger charge is -2.32. The number of benzene rings is 2. The highest BCUT2D eigenvalue weighted by Gasteiger charge is 2.18. The summed E-state index contributed by atoms with van der Waals surface area (Å²) in [5, 5.41) is 6.76. The Hall–Kier alpha value is -1.91. The number of carbonyl (C=O) groups excluding carboxylic acids is 1. The van der Waals surface area contributed by atoms with Crippen molar-refractivity contribution >= 4 is 46.3 Å². The number of nitrogens with zero attached hydrogens (tertiary/aromatic N) is 1. The summed E-state index contributed by atoms with van der Waals surface area (Å²) in [7, 11) is 0. The molecule has 1 saturated heterocycles. The Labute approximate surface area is 158 Å². The van der Waals surface area contributed by atoms with Crippen LogP contribution < -0.4 is 15.5 Å². The van der Waals surface area contributed by atoms with Crippen molar-refractivity contribution in [1.29, 1.82) is 0 Å². The van der Waals surface area contributed by atoms with Crippen molar-refractivity contribution in [3.05, 3.63) is 52.5 Å². The maximum Gasteiger partial charge on any atom is 0.323 e. The van der Waals surface area contributed by atoms with Gasteiger partial charge in [0.05, 0.1) is 10.7 Å². The smallest absolute Gasteiger partial charge is 0.323 e. The molecule has 0 saturated carbocycles. The number of nitrogens with one attached hydrogen (secondary N) is 2. The minimum atomic E-state index is -0.335. The quantitative estimate of drug-likeness (QED) is 0.701. The van der Waals surface area contributed by atoms with E-state index < -0.39 is 0 Å². The topological polar surface area (TPSA) is 44.4 Å². The van der Waals surface area contributed by atoms with Gasteiger partial charge in [0.15, 0.2) is 0 Å². The maximum atomic E-state index is 12.1. The highest BCUT2D eigenvalue weighted by atomic mass is 35.5. The molecule has 0 spiro atoms. The average Bonchev–Trinajstić information content (AvgIpc) is 2.56. The molecule has 3 rings (SSSR count). The molecule has 0 aromatic heterocycles. The Balaban J connectivity index is 1.63. The minimum absolute atomic E-state index is 0.335. The van der Waals surface area contributed by atoms with Gasteiger partial charge in [-0.3, -0.25) is 0 Å². The van der Waals surface area contributed by atoms with Crippen LogP contribution in [0.15, 0.2) is 42.5 Å². The van der Waals surface area contributed by atoms with Gasteiger partial charge in [-0.25, -0.2) is 4.79 Å². The second kappa shape index (κ2) is 7.98. The molecular formula is C19H21Cl2N3O. The van der Waals surface area contributed by atoms with Crippen LogP contribution in [0.4, 0.5) is 21.9 Å². The van der Waals surface area contributed by atoms with Crippen LogP contribution in [0.5, 0.6) is 0 Å². The van der Waals surface area contributed by atoms with Crippen LogP contribution in [-0.2, 0) is 0 Å². The number of halogens is 2. The molecule has 2 aromatic rings. The first kappa shape index (κ1) is 17.9. The van der Waals surface area contributed by atoms with Crippen LogP contribution in [0.1, 0.15) is 19.8 Å². The molecule has 0 bridgehead atoms. The Morgan fingerprint density at radius 2 is 1.72 bits per heavy atom. The number of carbonyl (C=O) groups is 1. The van der Waals surface area contributed by atoms with Crippen LogP contribution in [0, 0.1) is 5.92 Å². The molecule has 1 heterocycles. The van der Waals surface area contributed by atoms with Crippen molar-refractivity contribution in [1.82, 2.24) is 0 Å². The minimum Gasteiger partial charge on any atom is -0.370 e. The van der Waals surface area contributed by atoms with E-state index in [1.165, 1.54) is 12.8 Å². The lowest BCUT2D eigenvalue weighted by molar-refractivity contribution is 0.262. The molecular weight excluding hydrogens is 357 g/mol. The molecule has 2 N–H and O–H groups in total. The highest BCUT2D eigenvalue weighted by Crippen LogP contribution is 2.31. The van der Waals surface area contributed by atoms with Gasteiger partial charge < -0.3 is 15.5 Å². The Morgan fingerprint density at radius 3 is 2.36 bits per heavy atom. The summed E-state index contributed by atoms with van der Waals surface area (Å²) in [5.74, 6) is 0.770. The molecule has 1 aliphatic rings. The normalized spacial score (nSPS) is 15.1. The van der Waals surface area contributed by atoms with E-state index in [-0.39, 0.29) is 6.03 Å². The number of amides is 2. The first-order valence-electron chi connectivity index (χ1n) is 8.39. The molecule has 2 aromatic carbocycles. The maximum absolute atomic E-state index is 12.1. The third-order valence-electron chi connectivity index (χ3n) is 4.41. The first-order chi connectivity index (χ1) is 12.0. The summed E-state index contributed by atoms with van der Waals surface area (Å²) in [6.45, 7) is 4.32. The standard InChI is InChI=1S/C19H21Cl2N3O/c1-13-7-9-24(10-8-13)18-6-5-16(12-17(18)21)23-19(25)22-15-4-2-3-14(20)11-15/h2-6,11-13H,7-10H2,1H3,(H2,22,23,25). The van der Waals surface area contributed by atoms with Crippen molar-refractivity contribution in [3.63, 3.8) is 0 Å². The van der Waals surface area contributed by atoms with E-state index in [4.69, 9.17) is 23.2 Å². The van der Waals surface area contributed by atoms with Gasteiger partial charge in [0, 0.05) is 29.5 Å². The van der Waals surface area contributed by atoms with Gasteiger partial charge >= 0.3 is 6.03 Å². The monoisotopic (exact) mass is 377 g/mol. The van der Waals surface area contributed by atoms with Crippen LogP contribution >= 0.6 is 23.2 Å². The largest absolute Gasteiger partial charge is 0.370 e. The summed E-state index contributed by atoms with van der Waals surface area (Å²) in [5.41, 5.74) is 2.31. The van der Waals surface area contributed by atoms with Crippen LogP contribution in [0.2, 0.25) is 10.0 Å². The number of urea groups is 1. The SMILES string of the molecule is CC1CCN(c2ccc(NC(=O)Nc3cccc(Cl)c3)cc2Cl)CC1. The third-order valence-corrected chi connectivity index (χ3v) is 4.95. The van der Waals surface area contributed by atoms with E-state index in [0.717, 1.165) is 24.7 Å². The zero-order valence-electron chi connectivity index (χ0n) is 14.1. The second-order valence-corrected chi connectivity index (χ2v) is 7.27. The number of hydrogen-bond donors (Lipinski definition) is 2. The van der Waals surface area contributed by atoms with Gasteiger partial charge in [-0.2, -0.15) is 0 Å². The molecule has 0 atom stereocenters. The van der Waals surface area contributed by atoms with Crippen molar-refractivity contribution in [2.24, 2.45) is 5.92 Å². The van der Waals surface area contributed by atoms with E-state index in [1.54, 1.807) is 30.3 Å². The predicted molar refractivity (Wildman–Crippen MR) is 106 cm³/mol. The fourth-order valence-corrected chi connectivity index (χ4v) is 3.44. The third kappa shape index (κ3) is 4.80. The van der Waals surface area contributed by atoms with E-state index in [1.807, 2.05) is 12.1 Å². The summed E-state index contributed by atoms with van der Waals surface area (Å²) < 4.78 is 0. The Bertz CT molecular complexity index is 758. The van der Waals surface area contributed by atoms with E-state index in [9.17, 15) is 4.79 Å². The summed E-state index contributed by atoms with van der Waals surface area (Å²) in [6.07, 6.45) is 2.36. The molecule has 132 valence electrons. The molecule has 6 heteroatoms. The fourth-order valence-electron chi connectivity index (χ4n) is 2.95. The molecule has 0 unspecified atom stereocenters. The lowest BCUT2D eigenvalue weighted by atomic mass is 9.99. The van der Waals surface area contributed by atoms with Crippen molar-refractivity contribution < 1.29 is 4.79 Å². The number of hydrogen-bond acceptors (Lipinski definition) is 2. The molecule has 1 fully saturated rings. The van der Waals surface area contributed by atoms with Gasteiger partial charge in [0.1, 0.15) is 0 Å². The van der Waals surface area contributed by atoms with Gasteiger partial charge in [0.2, 0.25) is 0 Å². The van der Waals surface area contributed by atoms with Crippen LogP contribution in [0.25, 0.3) is 0 Å². The number of anilines is 3. The molecule has 0 radical (unpaired) electrons. The molecule has 4 nitrogen and oxygen atoms in total. The van der Waals surface area contributed by atoms with Crippen molar-refractivity contribution in [2.75, 3.05) is 28.6 Å². The molecule has 25 heavy (non-hydrogen) atoms. The molecule has 0 aliphatic carbocycles. The highest BCUT2D eigenvalue weighted by molar-refractivity contribution is 6.33. The lowest BCUT2D eigenvalue weighted by Crippen LogP contribution is -2.32. The van der Waals surface area contributed by atoms with Crippen molar-refractivity contribution in [2.45, 2.75) is 19.8 Å². The second-order valence-electron chi connectivity index (χ2n) is 6.43. The zero-order valence-corrected chi connectivity index (χ0v) is 15.6. The predicted octanol–water partition coefficient (Wildman–Crippen LogP) is 5.87. The van der Waals surface area contributed by atoms with Crippen molar-refractivity contribution in [3.8, 4) is 0 Å².